The van der Waals surface area contributed by atoms with E-state index >= 15 is 0 Å². The Morgan fingerprint density at radius 2 is 1.97 bits per heavy atom. The normalized spacial score (nSPS) is 12.3. The molecular formula is C25H26N4O3. The van der Waals surface area contributed by atoms with Crippen molar-refractivity contribution in [3.63, 3.8) is 0 Å². The van der Waals surface area contributed by atoms with Crippen LogP contribution in [0.4, 0.5) is 0 Å². The quantitative estimate of drug-likeness (QED) is 0.472. The summed E-state index contributed by atoms with van der Waals surface area (Å²) in [6.45, 7) is 4.39. The lowest BCUT2D eigenvalue weighted by atomic mass is 10.1. The highest BCUT2D eigenvalue weighted by atomic mass is 16.4. The van der Waals surface area contributed by atoms with Crippen molar-refractivity contribution in [2.45, 2.75) is 45.7 Å². The van der Waals surface area contributed by atoms with E-state index in [0.29, 0.717) is 29.6 Å². The first-order valence-electron chi connectivity index (χ1n) is 10.8. The summed E-state index contributed by atoms with van der Waals surface area (Å²) in [6.07, 6.45) is 3.21. The van der Waals surface area contributed by atoms with E-state index in [1.807, 2.05) is 26.2 Å². The first-order chi connectivity index (χ1) is 15.3. The number of nitrogens with zero attached hydrogens (tertiary/aromatic N) is 4. The number of aryl methyl sites for hydroxylation is 2. The summed E-state index contributed by atoms with van der Waals surface area (Å²) in [5, 5.41) is 20.0. The van der Waals surface area contributed by atoms with Gasteiger partial charge in [0.1, 0.15) is 0 Å². The molecular weight excluding hydrogens is 404 g/mol. The van der Waals surface area contributed by atoms with Gasteiger partial charge in [-0.15, -0.1) is 0 Å². The van der Waals surface area contributed by atoms with Gasteiger partial charge in [-0.05, 0) is 48.7 Å². The largest absolute Gasteiger partial charge is 0.481 e. The summed E-state index contributed by atoms with van der Waals surface area (Å²) < 4.78 is 5.33. The highest BCUT2D eigenvalue weighted by molar-refractivity contribution is 5.87. The van der Waals surface area contributed by atoms with Crippen molar-refractivity contribution in [3.05, 3.63) is 69.8 Å². The van der Waals surface area contributed by atoms with E-state index in [-0.39, 0.29) is 12.1 Å². The number of imidazole rings is 1. The minimum Gasteiger partial charge on any atom is -0.481 e. The summed E-state index contributed by atoms with van der Waals surface area (Å²) >= 11 is 0. The highest BCUT2D eigenvalue weighted by Gasteiger charge is 2.23. The molecule has 4 aromatic rings. The number of aliphatic carboxylic acids is 1. The Hall–Kier alpha value is -3.79. The topological polar surface area (TPSA) is 92.9 Å². The summed E-state index contributed by atoms with van der Waals surface area (Å²) in [6, 6.07) is 13.0. The maximum absolute atomic E-state index is 13.7. The van der Waals surface area contributed by atoms with Gasteiger partial charge in [-0.25, -0.2) is 4.79 Å². The van der Waals surface area contributed by atoms with Crippen LogP contribution in [0.3, 0.4) is 0 Å². The van der Waals surface area contributed by atoms with Gasteiger partial charge in [0.25, 0.3) is 0 Å². The Morgan fingerprint density at radius 3 is 2.66 bits per heavy atom. The van der Waals surface area contributed by atoms with Crippen LogP contribution in [0.2, 0.25) is 0 Å². The lowest BCUT2D eigenvalue weighted by molar-refractivity contribution is -0.137. The molecule has 0 aliphatic carbocycles. The van der Waals surface area contributed by atoms with Gasteiger partial charge in [0, 0.05) is 30.2 Å². The van der Waals surface area contributed by atoms with Crippen LogP contribution in [-0.4, -0.2) is 24.8 Å². The van der Waals surface area contributed by atoms with Crippen molar-refractivity contribution >= 4 is 27.9 Å². The molecule has 0 aliphatic heterocycles. The van der Waals surface area contributed by atoms with Crippen LogP contribution in [0.25, 0.3) is 21.9 Å². The maximum atomic E-state index is 13.7. The minimum absolute atomic E-state index is 0.142. The third-order valence-electron chi connectivity index (χ3n) is 6.12. The average Bonchev–Trinajstić information content (AvgIpc) is 3.22. The first-order valence-corrected chi connectivity index (χ1v) is 10.8. The number of carboxylic acid groups (broad SMARTS) is 1. The number of fused-ring (bicyclic) bond motifs is 2. The van der Waals surface area contributed by atoms with Gasteiger partial charge in [-0.2, -0.15) is 5.26 Å². The van der Waals surface area contributed by atoms with E-state index in [0.717, 1.165) is 28.5 Å². The molecule has 0 bridgehead atoms. The van der Waals surface area contributed by atoms with Crippen LogP contribution >= 0.6 is 0 Å². The summed E-state index contributed by atoms with van der Waals surface area (Å²) in [5.41, 5.74) is 4.75. The van der Waals surface area contributed by atoms with Crippen molar-refractivity contribution in [1.82, 2.24) is 13.7 Å². The van der Waals surface area contributed by atoms with Crippen molar-refractivity contribution in [2.75, 3.05) is 0 Å². The summed E-state index contributed by atoms with van der Waals surface area (Å²) in [4.78, 5) is 25.2. The second-order valence-corrected chi connectivity index (χ2v) is 8.33. The zero-order valence-corrected chi connectivity index (χ0v) is 18.5. The third-order valence-corrected chi connectivity index (χ3v) is 6.12. The second-order valence-electron chi connectivity index (χ2n) is 8.33. The fourth-order valence-corrected chi connectivity index (χ4v) is 4.74. The molecule has 0 saturated heterocycles. The lowest BCUT2D eigenvalue weighted by Gasteiger charge is -2.16. The second kappa shape index (κ2) is 8.39. The zero-order chi connectivity index (χ0) is 23.0. The van der Waals surface area contributed by atoms with Gasteiger partial charge in [0.15, 0.2) is 0 Å². The smallest absolute Gasteiger partial charge is 0.329 e. The molecule has 0 spiro atoms. The fraction of sp³-hybridized carbons (Fsp3) is 0.320. The van der Waals surface area contributed by atoms with Gasteiger partial charge in [-0.1, -0.05) is 25.5 Å². The molecule has 7 heteroatoms. The van der Waals surface area contributed by atoms with Crippen LogP contribution < -0.4 is 5.69 Å². The SMILES string of the molecule is CCCC(CC(=O)O)n1c(=O)n(Cc2cn(C)c3cccc(C)c23)c2ccc(C#N)cc21. The van der Waals surface area contributed by atoms with Crippen molar-refractivity contribution in [1.29, 1.82) is 5.26 Å². The number of nitriles is 1. The molecule has 0 amide bonds. The molecule has 1 atom stereocenters. The molecule has 1 unspecified atom stereocenters. The van der Waals surface area contributed by atoms with Crippen LogP contribution in [0.15, 0.2) is 47.4 Å². The van der Waals surface area contributed by atoms with Crippen molar-refractivity contribution in [3.8, 4) is 6.07 Å². The number of carbonyl (C=O) groups is 1. The van der Waals surface area contributed by atoms with Gasteiger partial charge in [0.05, 0.1) is 35.6 Å². The number of carboxylic acids is 1. The molecule has 0 saturated carbocycles. The molecule has 0 fully saturated rings. The monoisotopic (exact) mass is 430 g/mol. The van der Waals surface area contributed by atoms with E-state index in [1.165, 1.54) is 0 Å². The standard InChI is InChI=1S/C25H26N4O3/c1-4-6-19(12-23(30)31)29-22-11-17(13-26)9-10-20(22)28(25(29)32)15-18-14-27(3)21-8-5-7-16(2)24(18)21/h5,7-11,14,19H,4,6,12,15H2,1-3H3,(H,30,31). The minimum atomic E-state index is -0.947. The Kier molecular flexibility index (Phi) is 5.62. The fourth-order valence-electron chi connectivity index (χ4n) is 4.74. The van der Waals surface area contributed by atoms with Gasteiger partial charge in [0.2, 0.25) is 0 Å². The summed E-state index contributed by atoms with van der Waals surface area (Å²) in [7, 11) is 1.99. The van der Waals surface area contributed by atoms with E-state index < -0.39 is 12.0 Å². The molecule has 2 aromatic heterocycles. The summed E-state index contributed by atoms with van der Waals surface area (Å²) in [5.74, 6) is -0.947. The van der Waals surface area contributed by atoms with Crippen LogP contribution in [0, 0.1) is 18.3 Å². The molecule has 4 rings (SSSR count). The number of hydrogen-bond donors (Lipinski definition) is 1. The molecule has 2 aromatic carbocycles. The number of aromatic nitrogens is 3. The van der Waals surface area contributed by atoms with E-state index in [9.17, 15) is 20.0 Å². The maximum Gasteiger partial charge on any atom is 0.329 e. The average molecular weight is 431 g/mol. The van der Waals surface area contributed by atoms with Gasteiger partial charge in [-0.3, -0.25) is 13.9 Å². The Bertz CT molecular complexity index is 1430. The van der Waals surface area contributed by atoms with Crippen molar-refractivity contribution in [2.24, 2.45) is 7.05 Å². The molecule has 2 heterocycles. The van der Waals surface area contributed by atoms with Gasteiger partial charge < -0.3 is 9.67 Å². The van der Waals surface area contributed by atoms with E-state index in [4.69, 9.17) is 0 Å². The molecule has 0 aliphatic rings. The first kappa shape index (κ1) is 21.4. The number of benzene rings is 2. The van der Waals surface area contributed by atoms with E-state index in [2.05, 4.69) is 29.7 Å². The molecule has 7 nitrogen and oxygen atoms in total. The predicted octanol–water partition coefficient (Wildman–Crippen LogP) is 4.34. The van der Waals surface area contributed by atoms with Crippen molar-refractivity contribution < 1.29 is 9.90 Å². The zero-order valence-electron chi connectivity index (χ0n) is 18.5. The number of hydrogen-bond acceptors (Lipinski definition) is 3. The van der Waals surface area contributed by atoms with Crippen LogP contribution in [0.1, 0.15) is 48.9 Å². The Labute approximate surface area is 185 Å². The Balaban J connectivity index is 1.95. The van der Waals surface area contributed by atoms with Crippen LogP contribution in [0.5, 0.6) is 0 Å². The molecule has 1 N–H and O–H groups in total. The Morgan fingerprint density at radius 1 is 1.19 bits per heavy atom. The highest BCUT2D eigenvalue weighted by Crippen LogP contribution is 2.28. The molecule has 0 radical (unpaired) electrons. The molecule has 164 valence electrons. The van der Waals surface area contributed by atoms with Gasteiger partial charge >= 0.3 is 11.7 Å². The molecule has 32 heavy (non-hydrogen) atoms. The predicted molar refractivity (Wildman–Crippen MR) is 124 cm³/mol. The third kappa shape index (κ3) is 3.58. The lowest BCUT2D eigenvalue weighted by Crippen LogP contribution is -2.29. The van der Waals surface area contributed by atoms with E-state index in [1.54, 1.807) is 27.3 Å². The van der Waals surface area contributed by atoms with Crippen LogP contribution in [-0.2, 0) is 18.4 Å². The number of rotatable bonds is 7.